The largest absolute Gasteiger partial charge is 0.383 e. The van der Waals surface area contributed by atoms with Gasteiger partial charge >= 0.3 is 0 Å². The average Bonchev–Trinajstić information content (AvgIpc) is 2.49. The minimum absolute atomic E-state index is 0.00461. The van der Waals surface area contributed by atoms with E-state index in [1.54, 1.807) is 19.1 Å². The van der Waals surface area contributed by atoms with Crippen molar-refractivity contribution in [3.8, 4) is 0 Å². The van der Waals surface area contributed by atoms with E-state index in [0.29, 0.717) is 23.0 Å². The third kappa shape index (κ3) is 3.89. The SMILES string of the molecule is CCC(CC)(CCl)CNc1ccccc1S(=O)(=O)CC. The van der Waals surface area contributed by atoms with Crippen LogP contribution in [0, 0.1) is 5.41 Å². The van der Waals surface area contributed by atoms with Gasteiger partial charge in [0, 0.05) is 17.8 Å². The summed E-state index contributed by atoms with van der Waals surface area (Å²) in [6.07, 6.45) is 1.92. The number of nitrogens with one attached hydrogen (secondary N) is 1. The quantitative estimate of drug-likeness (QED) is 0.739. The summed E-state index contributed by atoms with van der Waals surface area (Å²) >= 11 is 6.09. The van der Waals surface area contributed by atoms with E-state index >= 15 is 0 Å². The summed E-state index contributed by atoms with van der Waals surface area (Å²) in [6, 6.07) is 7.06. The fourth-order valence-electron chi connectivity index (χ4n) is 2.06. The standard InChI is InChI=1S/C15H24ClNO2S/c1-4-15(5-2,11-16)12-17-13-9-7-8-10-14(13)20(18,19)6-3/h7-10,17H,4-6,11-12H2,1-3H3. The molecule has 0 heterocycles. The maximum Gasteiger partial charge on any atom is 0.180 e. The molecule has 1 aromatic carbocycles. The highest BCUT2D eigenvalue weighted by Crippen LogP contribution is 2.30. The number of rotatable bonds is 8. The predicted octanol–water partition coefficient (Wildman–Crippen LogP) is 3.94. The van der Waals surface area contributed by atoms with Gasteiger partial charge in [0.15, 0.2) is 9.84 Å². The van der Waals surface area contributed by atoms with E-state index in [0.717, 1.165) is 12.8 Å². The van der Waals surface area contributed by atoms with E-state index in [1.165, 1.54) is 0 Å². The van der Waals surface area contributed by atoms with E-state index in [-0.39, 0.29) is 11.2 Å². The topological polar surface area (TPSA) is 46.2 Å². The van der Waals surface area contributed by atoms with Crippen LogP contribution >= 0.6 is 11.6 Å². The number of sulfone groups is 1. The van der Waals surface area contributed by atoms with E-state index < -0.39 is 9.84 Å². The summed E-state index contributed by atoms with van der Waals surface area (Å²) in [6.45, 7) is 6.57. The Morgan fingerprint density at radius 2 is 1.75 bits per heavy atom. The number of benzene rings is 1. The van der Waals surface area contributed by atoms with Gasteiger partial charge in [-0.3, -0.25) is 0 Å². The molecule has 0 aliphatic carbocycles. The predicted molar refractivity (Wildman–Crippen MR) is 86.4 cm³/mol. The highest BCUT2D eigenvalue weighted by Gasteiger charge is 2.25. The van der Waals surface area contributed by atoms with Crippen molar-refractivity contribution in [2.75, 3.05) is 23.5 Å². The minimum atomic E-state index is -3.21. The maximum absolute atomic E-state index is 12.1. The number of halogens is 1. The van der Waals surface area contributed by atoms with Gasteiger partial charge in [-0.15, -0.1) is 11.6 Å². The third-order valence-electron chi connectivity index (χ3n) is 4.04. The average molecular weight is 318 g/mol. The Bertz CT molecular complexity index is 516. The monoisotopic (exact) mass is 317 g/mol. The van der Waals surface area contributed by atoms with Crippen molar-refractivity contribution in [2.24, 2.45) is 5.41 Å². The van der Waals surface area contributed by atoms with Gasteiger partial charge < -0.3 is 5.32 Å². The second kappa shape index (κ2) is 7.32. The lowest BCUT2D eigenvalue weighted by Crippen LogP contribution is -2.30. The summed E-state index contributed by atoms with van der Waals surface area (Å²) < 4.78 is 24.2. The van der Waals surface area contributed by atoms with Crippen molar-refractivity contribution in [3.63, 3.8) is 0 Å². The zero-order valence-corrected chi connectivity index (χ0v) is 14.0. The molecule has 0 atom stereocenters. The highest BCUT2D eigenvalue weighted by atomic mass is 35.5. The van der Waals surface area contributed by atoms with Crippen LogP contribution in [-0.2, 0) is 9.84 Å². The Hall–Kier alpha value is -0.740. The molecule has 0 aromatic heterocycles. The molecule has 0 aliphatic rings. The van der Waals surface area contributed by atoms with Gasteiger partial charge in [0.05, 0.1) is 16.3 Å². The van der Waals surface area contributed by atoms with Crippen LogP contribution in [0.2, 0.25) is 0 Å². The van der Waals surface area contributed by atoms with Crippen molar-refractivity contribution < 1.29 is 8.42 Å². The summed E-state index contributed by atoms with van der Waals surface area (Å²) in [4.78, 5) is 0.373. The fourth-order valence-corrected chi connectivity index (χ4v) is 3.60. The molecular formula is C15H24ClNO2S. The summed E-state index contributed by atoms with van der Waals surface area (Å²) in [5.41, 5.74) is 0.677. The molecule has 1 N–H and O–H groups in total. The number of hydrogen-bond acceptors (Lipinski definition) is 3. The molecule has 20 heavy (non-hydrogen) atoms. The molecule has 0 saturated heterocycles. The lowest BCUT2D eigenvalue weighted by Gasteiger charge is -2.30. The third-order valence-corrected chi connectivity index (χ3v) is 6.39. The molecule has 0 bridgehead atoms. The molecule has 3 nitrogen and oxygen atoms in total. The van der Waals surface area contributed by atoms with Crippen LogP contribution in [-0.4, -0.2) is 26.6 Å². The first-order chi connectivity index (χ1) is 9.44. The molecule has 0 aliphatic heterocycles. The normalized spacial score (nSPS) is 12.4. The fraction of sp³-hybridized carbons (Fsp3) is 0.600. The van der Waals surface area contributed by atoms with E-state index in [1.807, 2.05) is 12.1 Å². The van der Waals surface area contributed by atoms with Crippen molar-refractivity contribution in [2.45, 2.75) is 38.5 Å². The second-order valence-corrected chi connectivity index (χ2v) is 7.61. The lowest BCUT2D eigenvalue weighted by molar-refractivity contribution is 0.326. The zero-order chi connectivity index (χ0) is 15.2. The van der Waals surface area contributed by atoms with Crippen LogP contribution < -0.4 is 5.32 Å². The van der Waals surface area contributed by atoms with Gasteiger partial charge in [0.2, 0.25) is 0 Å². The summed E-state index contributed by atoms with van der Waals surface area (Å²) in [7, 11) is -3.21. The van der Waals surface area contributed by atoms with Gasteiger partial charge in [-0.2, -0.15) is 0 Å². The maximum atomic E-state index is 12.1. The molecule has 0 radical (unpaired) electrons. The summed E-state index contributed by atoms with van der Waals surface area (Å²) in [5.74, 6) is 0.670. The van der Waals surface area contributed by atoms with Gasteiger partial charge in [-0.1, -0.05) is 32.9 Å². The Morgan fingerprint density at radius 3 is 2.25 bits per heavy atom. The molecule has 1 aromatic rings. The Morgan fingerprint density at radius 1 is 1.15 bits per heavy atom. The van der Waals surface area contributed by atoms with E-state index in [2.05, 4.69) is 19.2 Å². The molecule has 0 spiro atoms. The minimum Gasteiger partial charge on any atom is -0.383 e. The number of hydrogen-bond donors (Lipinski definition) is 1. The van der Waals surface area contributed by atoms with E-state index in [9.17, 15) is 8.42 Å². The molecule has 5 heteroatoms. The summed E-state index contributed by atoms with van der Waals surface area (Å²) in [5, 5.41) is 3.28. The van der Waals surface area contributed by atoms with Crippen LogP contribution in [0.25, 0.3) is 0 Å². The molecule has 0 amide bonds. The highest BCUT2D eigenvalue weighted by molar-refractivity contribution is 7.91. The number of anilines is 1. The van der Waals surface area contributed by atoms with Gasteiger partial charge in [-0.05, 0) is 25.0 Å². The van der Waals surface area contributed by atoms with Crippen LogP contribution in [0.5, 0.6) is 0 Å². The Kier molecular flexibility index (Phi) is 6.34. The molecule has 0 saturated carbocycles. The first kappa shape index (κ1) is 17.3. The molecule has 0 fully saturated rings. The molecule has 0 unspecified atom stereocenters. The zero-order valence-electron chi connectivity index (χ0n) is 12.4. The Labute approximate surface area is 127 Å². The van der Waals surface area contributed by atoms with Crippen molar-refractivity contribution in [1.82, 2.24) is 0 Å². The van der Waals surface area contributed by atoms with Crippen LogP contribution in [0.15, 0.2) is 29.2 Å². The van der Waals surface area contributed by atoms with Crippen LogP contribution in [0.3, 0.4) is 0 Å². The van der Waals surface area contributed by atoms with Gasteiger partial charge in [0.1, 0.15) is 0 Å². The number of alkyl halides is 1. The van der Waals surface area contributed by atoms with E-state index in [4.69, 9.17) is 11.6 Å². The van der Waals surface area contributed by atoms with Gasteiger partial charge in [-0.25, -0.2) is 8.42 Å². The second-order valence-electron chi connectivity index (χ2n) is 5.09. The smallest absolute Gasteiger partial charge is 0.180 e. The molecule has 1 rings (SSSR count). The molecular weight excluding hydrogens is 294 g/mol. The van der Waals surface area contributed by atoms with Gasteiger partial charge in [0.25, 0.3) is 0 Å². The Balaban J connectivity index is 3.00. The molecule has 114 valence electrons. The first-order valence-electron chi connectivity index (χ1n) is 7.06. The van der Waals surface area contributed by atoms with Crippen LogP contribution in [0.4, 0.5) is 5.69 Å². The van der Waals surface area contributed by atoms with Crippen molar-refractivity contribution in [1.29, 1.82) is 0 Å². The van der Waals surface area contributed by atoms with Crippen molar-refractivity contribution >= 4 is 27.1 Å². The van der Waals surface area contributed by atoms with Crippen molar-refractivity contribution in [3.05, 3.63) is 24.3 Å². The number of para-hydroxylation sites is 1. The van der Waals surface area contributed by atoms with Crippen LogP contribution in [0.1, 0.15) is 33.6 Å². The first-order valence-corrected chi connectivity index (χ1v) is 9.25. The lowest BCUT2D eigenvalue weighted by atomic mass is 9.84.